The molecule has 186 valence electrons. The van der Waals surface area contributed by atoms with Gasteiger partial charge in [0.15, 0.2) is 17.5 Å². The van der Waals surface area contributed by atoms with Crippen LogP contribution in [0.1, 0.15) is 39.2 Å². The second-order valence-electron chi connectivity index (χ2n) is 8.32. The van der Waals surface area contributed by atoms with Crippen LogP contribution in [0.2, 0.25) is 0 Å². The van der Waals surface area contributed by atoms with Gasteiger partial charge in [-0.1, -0.05) is 6.07 Å². The molecule has 2 heterocycles. The van der Waals surface area contributed by atoms with Crippen molar-refractivity contribution in [3.05, 3.63) is 23.8 Å². The Morgan fingerprint density at radius 2 is 1.76 bits per heavy atom. The smallest absolute Gasteiger partial charge is 0.239 e. The van der Waals surface area contributed by atoms with Gasteiger partial charge >= 0.3 is 0 Å². The van der Waals surface area contributed by atoms with Gasteiger partial charge in [-0.05, 0) is 51.3 Å². The number of carbonyl (C=O) groups excluding carboxylic acids is 1. The maximum absolute atomic E-state index is 12.8. The van der Waals surface area contributed by atoms with E-state index in [0.29, 0.717) is 13.2 Å². The van der Waals surface area contributed by atoms with Gasteiger partial charge < -0.3 is 24.6 Å². The van der Waals surface area contributed by atoms with Crippen molar-refractivity contribution in [2.24, 2.45) is 4.99 Å². The van der Waals surface area contributed by atoms with Crippen molar-refractivity contribution < 1.29 is 14.3 Å². The number of benzene rings is 1. The fraction of sp³-hybridized carbons (Fsp3) is 0.667. The normalized spacial score (nSPS) is 18.0. The van der Waals surface area contributed by atoms with E-state index in [9.17, 15) is 4.79 Å². The number of nitrogens with zero attached hydrogens (tertiary/aromatic N) is 4. The van der Waals surface area contributed by atoms with Crippen LogP contribution in [0.25, 0.3) is 0 Å². The van der Waals surface area contributed by atoms with Gasteiger partial charge in [-0.2, -0.15) is 0 Å². The molecule has 3 rings (SSSR count). The molecule has 2 saturated heterocycles. The molecule has 1 unspecified atom stereocenters. The fourth-order valence-electron chi connectivity index (χ4n) is 4.36. The van der Waals surface area contributed by atoms with E-state index in [0.717, 1.165) is 81.7 Å². The van der Waals surface area contributed by atoms with E-state index in [-0.39, 0.29) is 35.9 Å². The number of hydrogen-bond acceptors (Lipinski definition) is 5. The van der Waals surface area contributed by atoms with Gasteiger partial charge in [0.05, 0.1) is 26.3 Å². The molecule has 2 aliphatic rings. The first-order valence-corrected chi connectivity index (χ1v) is 11.9. The summed E-state index contributed by atoms with van der Waals surface area (Å²) in [5.41, 5.74) is 1.07. The van der Waals surface area contributed by atoms with Gasteiger partial charge in [-0.15, -0.1) is 24.0 Å². The Morgan fingerprint density at radius 3 is 2.36 bits per heavy atom. The second-order valence-corrected chi connectivity index (χ2v) is 8.32. The van der Waals surface area contributed by atoms with E-state index in [1.165, 1.54) is 0 Å². The third kappa shape index (κ3) is 7.37. The molecule has 0 bridgehead atoms. The second kappa shape index (κ2) is 13.8. The molecule has 1 atom stereocenters. The van der Waals surface area contributed by atoms with Crippen LogP contribution in [0, 0.1) is 0 Å². The first-order chi connectivity index (χ1) is 15.6. The van der Waals surface area contributed by atoms with Gasteiger partial charge in [0.2, 0.25) is 5.91 Å². The fourth-order valence-corrected chi connectivity index (χ4v) is 4.36. The average molecular weight is 574 g/mol. The van der Waals surface area contributed by atoms with Crippen molar-refractivity contribution in [3.8, 4) is 11.5 Å². The molecule has 0 spiro atoms. The summed E-state index contributed by atoms with van der Waals surface area (Å²) in [6.45, 7) is 13.3. The lowest BCUT2D eigenvalue weighted by Crippen LogP contribution is -2.57. The Bertz CT molecular complexity index is 777. The minimum Gasteiger partial charge on any atom is -0.493 e. The quantitative estimate of drug-likeness (QED) is 0.293. The molecular weight excluding hydrogens is 533 g/mol. The number of carbonyl (C=O) groups is 1. The Morgan fingerprint density at radius 1 is 1.06 bits per heavy atom. The number of aliphatic imine (C=N–C) groups is 1. The van der Waals surface area contributed by atoms with Crippen molar-refractivity contribution in [2.45, 2.75) is 46.2 Å². The zero-order valence-corrected chi connectivity index (χ0v) is 22.8. The summed E-state index contributed by atoms with van der Waals surface area (Å²) >= 11 is 0. The van der Waals surface area contributed by atoms with Crippen molar-refractivity contribution >= 4 is 35.8 Å². The highest BCUT2D eigenvalue weighted by Crippen LogP contribution is 2.28. The highest BCUT2D eigenvalue weighted by Gasteiger charge is 2.30. The van der Waals surface area contributed by atoms with E-state index in [1.807, 2.05) is 30.0 Å². The van der Waals surface area contributed by atoms with Crippen molar-refractivity contribution in [3.63, 3.8) is 0 Å². The zero-order chi connectivity index (χ0) is 22.9. The lowest BCUT2D eigenvalue weighted by molar-refractivity contribution is -0.135. The number of halogens is 1. The van der Waals surface area contributed by atoms with E-state index in [4.69, 9.17) is 14.5 Å². The molecule has 1 aromatic carbocycles. The number of piperazine rings is 1. The number of methoxy groups -OCH3 is 1. The Kier molecular flexibility index (Phi) is 11.5. The predicted octanol–water partition coefficient (Wildman–Crippen LogP) is 2.81. The van der Waals surface area contributed by atoms with Gasteiger partial charge in [-0.3, -0.25) is 9.69 Å². The van der Waals surface area contributed by atoms with Crippen LogP contribution < -0.4 is 14.8 Å². The number of likely N-dealkylation sites (tertiary alicyclic amines) is 1. The van der Waals surface area contributed by atoms with Crippen LogP contribution in [0.15, 0.2) is 23.2 Å². The summed E-state index contributed by atoms with van der Waals surface area (Å²) in [7, 11) is 1.66. The molecule has 1 aromatic rings. The third-order valence-corrected chi connectivity index (χ3v) is 6.21. The highest BCUT2D eigenvalue weighted by atomic mass is 127. The summed E-state index contributed by atoms with van der Waals surface area (Å²) in [6, 6.07) is 5.91. The van der Waals surface area contributed by atoms with E-state index in [2.05, 4.69) is 29.0 Å². The van der Waals surface area contributed by atoms with Gasteiger partial charge in [-0.25, -0.2) is 4.99 Å². The molecule has 2 fully saturated rings. The number of nitrogens with one attached hydrogen (secondary N) is 1. The SMILES string of the molecule is CCNC(=NCc1ccc(OCC)c(OC)c1)N1CCN(C(C)C(=O)N2CCCC2)CC1.I. The van der Waals surface area contributed by atoms with Gasteiger partial charge in [0.25, 0.3) is 0 Å². The summed E-state index contributed by atoms with van der Waals surface area (Å²) in [5, 5.41) is 3.42. The van der Waals surface area contributed by atoms with Crippen molar-refractivity contribution in [1.82, 2.24) is 20.0 Å². The van der Waals surface area contributed by atoms with E-state index >= 15 is 0 Å². The van der Waals surface area contributed by atoms with Crippen molar-refractivity contribution in [2.75, 3.05) is 59.5 Å². The lowest BCUT2D eigenvalue weighted by atomic mass is 10.2. The standard InChI is InChI=1S/C24H39N5O3.HI/c1-5-25-24(26-18-20-9-10-21(32-6-2)22(17-20)31-4)29-15-13-27(14-16-29)19(3)23(30)28-11-7-8-12-28;/h9-10,17,19H,5-8,11-16,18H2,1-4H3,(H,25,26);1H. The number of hydrogen-bond donors (Lipinski definition) is 1. The van der Waals surface area contributed by atoms with Crippen LogP contribution in [0.3, 0.4) is 0 Å². The summed E-state index contributed by atoms with van der Waals surface area (Å²) in [4.78, 5) is 24.2. The molecule has 1 N–H and O–H groups in total. The first kappa shape index (κ1) is 27.5. The number of rotatable bonds is 8. The average Bonchev–Trinajstić information content (AvgIpc) is 3.37. The zero-order valence-electron chi connectivity index (χ0n) is 20.5. The molecular formula is C24H40IN5O3. The minimum atomic E-state index is -0.0499. The van der Waals surface area contributed by atoms with Gasteiger partial charge in [0, 0.05) is 45.8 Å². The van der Waals surface area contributed by atoms with Gasteiger partial charge in [0.1, 0.15) is 0 Å². The Hall–Kier alpha value is -1.75. The molecule has 0 saturated carbocycles. The summed E-state index contributed by atoms with van der Waals surface area (Å²) < 4.78 is 11.1. The summed E-state index contributed by atoms with van der Waals surface area (Å²) in [6.07, 6.45) is 2.27. The molecule has 0 aromatic heterocycles. The molecule has 9 heteroatoms. The van der Waals surface area contributed by atoms with Crippen LogP contribution in [-0.2, 0) is 11.3 Å². The molecule has 8 nitrogen and oxygen atoms in total. The molecule has 1 amide bonds. The van der Waals surface area contributed by atoms with Crippen LogP contribution in [-0.4, -0.2) is 92.1 Å². The number of ether oxygens (including phenoxy) is 2. The molecule has 2 aliphatic heterocycles. The predicted molar refractivity (Wildman–Crippen MR) is 143 cm³/mol. The van der Waals surface area contributed by atoms with Crippen LogP contribution in [0.5, 0.6) is 11.5 Å². The number of amides is 1. The highest BCUT2D eigenvalue weighted by molar-refractivity contribution is 14.0. The minimum absolute atomic E-state index is 0. The summed E-state index contributed by atoms with van der Waals surface area (Å²) in [5.74, 6) is 2.68. The molecule has 0 aliphatic carbocycles. The first-order valence-electron chi connectivity index (χ1n) is 11.9. The Labute approximate surface area is 215 Å². The van der Waals surface area contributed by atoms with E-state index in [1.54, 1.807) is 7.11 Å². The Balaban J connectivity index is 0.00000385. The topological polar surface area (TPSA) is 69.6 Å². The lowest BCUT2D eigenvalue weighted by Gasteiger charge is -2.39. The van der Waals surface area contributed by atoms with Crippen LogP contribution in [0.4, 0.5) is 0 Å². The maximum atomic E-state index is 12.8. The largest absolute Gasteiger partial charge is 0.493 e. The molecule has 0 radical (unpaired) electrons. The van der Waals surface area contributed by atoms with E-state index < -0.39 is 0 Å². The van der Waals surface area contributed by atoms with Crippen LogP contribution >= 0.6 is 24.0 Å². The number of guanidine groups is 1. The third-order valence-electron chi connectivity index (χ3n) is 6.21. The maximum Gasteiger partial charge on any atom is 0.239 e. The van der Waals surface area contributed by atoms with Crippen molar-refractivity contribution in [1.29, 1.82) is 0 Å². The molecule has 33 heavy (non-hydrogen) atoms. The monoisotopic (exact) mass is 573 g/mol.